The van der Waals surface area contributed by atoms with Gasteiger partial charge in [-0.1, -0.05) is 31.0 Å². The zero-order valence-corrected chi connectivity index (χ0v) is 19.9. The van der Waals surface area contributed by atoms with Crippen LogP contribution in [-0.4, -0.2) is 42.1 Å². The molecule has 1 saturated carbocycles. The summed E-state index contributed by atoms with van der Waals surface area (Å²) >= 11 is 0. The molecule has 1 atom stereocenters. The molecule has 1 aliphatic heterocycles. The number of benzene rings is 2. The number of carbonyl (C=O) groups excluding carboxylic acids is 3. The molecule has 1 aliphatic carbocycles. The summed E-state index contributed by atoms with van der Waals surface area (Å²) in [5, 5.41) is 8.51. The molecule has 3 N–H and O–H groups in total. The standard InChI is InChI=1S/C26H32N4O4/c1-26(2,3)34-24(32)17-9-8-10-18(15-17)27-25(33)29-21-16-30(19-11-4-5-12-19)22-14-7-6-13-20(22)28-23(21)31/h6-10,13-15,19,21H,4-5,11-12,16H2,1-3H3,(H,28,31)(H2,27,29,33)/t21-/m1/s1. The average Bonchev–Trinajstić information content (AvgIpc) is 3.26. The van der Waals surface area contributed by atoms with Gasteiger partial charge in [0.25, 0.3) is 0 Å². The van der Waals surface area contributed by atoms with Gasteiger partial charge in [-0.05, 0) is 63.9 Å². The number of amides is 3. The second-order valence-corrected chi connectivity index (χ2v) is 9.83. The van der Waals surface area contributed by atoms with Crippen LogP contribution in [0, 0.1) is 0 Å². The van der Waals surface area contributed by atoms with Crippen LogP contribution < -0.4 is 20.9 Å². The Balaban J connectivity index is 1.46. The molecule has 2 aromatic carbocycles. The second kappa shape index (κ2) is 9.75. The van der Waals surface area contributed by atoms with Crippen molar-refractivity contribution in [3.05, 3.63) is 54.1 Å². The molecule has 0 aromatic heterocycles. The summed E-state index contributed by atoms with van der Waals surface area (Å²) in [5.41, 5.74) is 1.90. The van der Waals surface area contributed by atoms with Gasteiger partial charge in [0.2, 0.25) is 5.91 Å². The van der Waals surface area contributed by atoms with Gasteiger partial charge >= 0.3 is 12.0 Å². The summed E-state index contributed by atoms with van der Waals surface area (Å²) in [6.07, 6.45) is 4.46. The molecule has 34 heavy (non-hydrogen) atoms. The maximum Gasteiger partial charge on any atom is 0.338 e. The highest BCUT2D eigenvalue weighted by Gasteiger charge is 2.33. The van der Waals surface area contributed by atoms with Gasteiger partial charge in [-0.3, -0.25) is 4.79 Å². The lowest BCUT2D eigenvalue weighted by Crippen LogP contribution is -2.52. The van der Waals surface area contributed by atoms with E-state index in [1.807, 2.05) is 24.3 Å². The summed E-state index contributed by atoms with van der Waals surface area (Å²) in [6.45, 7) is 5.78. The molecular weight excluding hydrogens is 432 g/mol. The minimum atomic E-state index is -0.734. The zero-order valence-electron chi connectivity index (χ0n) is 19.9. The Morgan fingerprint density at radius 1 is 1.06 bits per heavy atom. The smallest absolute Gasteiger partial charge is 0.338 e. The Kier molecular flexibility index (Phi) is 6.77. The quantitative estimate of drug-likeness (QED) is 0.577. The summed E-state index contributed by atoms with van der Waals surface area (Å²) < 4.78 is 5.40. The Labute approximate surface area is 200 Å². The van der Waals surface area contributed by atoms with Gasteiger partial charge in [-0.25, -0.2) is 9.59 Å². The van der Waals surface area contributed by atoms with E-state index in [0.717, 1.165) is 37.1 Å². The van der Waals surface area contributed by atoms with Crippen LogP contribution in [0.25, 0.3) is 0 Å². The van der Waals surface area contributed by atoms with Crippen molar-refractivity contribution < 1.29 is 19.1 Å². The van der Waals surface area contributed by atoms with Crippen LogP contribution in [0.4, 0.5) is 21.9 Å². The average molecular weight is 465 g/mol. The van der Waals surface area contributed by atoms with Crippen molar-refractivity contribution in [2.75, 3.05) is 22.1 Å². The number of anilines is 3. The van der Waals surface area contributed by atoms with Crippen LogP contribution in [0.5, 0.6) is 0 Å². The molecule has 1 heterocycles. The van der Waals surface area contributed by atoms with E-state index in [1.54, 1.807) is 45.0 Å². The first-order valence-corrected chi connectivity index (χ1v) is 11.8. The predicted molar refractivity (Wildman–Crippen MR) is 132 cm³/mol. The van der Waals surface area contributed by atoms with Gasteiger partial charge < -0.3 is 25.6 Å². The molecule has 2 aliphatic rings. The van der Waals surface area contributed by atoms with E-state index >= 15 is 0 Å². The van der Waals surface area contributed by atoms with Gasteiger partial charge in [0, 0.05) is 18.3 Å². The van der Waals surface area contributed by atoms with Crippen molar-refractivity contribution in [1.29, 1.82) is 0 Å². The Morgan fingerprint density at radius 2 is 1.79 bits per heavy atom. The molecule has 8 nitrogen and oxygen atoms in total. The van der Waals surface area contributed by atoms with E-state index in [4.69, 9.17) is 4.74 Å². The highest BCUT2D eigenvalue weighted by Crippen LogP contribution is 2.34. The summed E-state index contributed by atoms with van der Waals surface area (Å²) in [6, 6.07) is 13.4. The number of hydrogen-bond acceptors (Lipinski definition) is 5. The van der Waals surface area contributed by atoms with Crippen molar-refractivity contribution >= 4 is 35.0 Å². The van der Waals surface area contributed by atoms with E-state index in [0.29, 0.717) is 23.8 Å². The molecule has 0 spiro atoms. The van der Waals surface area contributed by atoms with E-state index in [1.165, 1.54) is 0 Å². The molecule has 1 fully saturated rings. The van der Waals surface area contributed by atoms with Gasteiger partial charge in [-0.15, -0.1) is 0 Å². The second-order valence-electron chi connectivity index (χ2n) is 9.83. The number of nitrogens with one attached hydrogen (secondary N) is 3. The number of carbonyl (C=O) groups is 3. The number of hydrogen-bond donors (Lipinski definition) is 3. The lowest BCUT2D eigenvalue weighted by molar-refractivity contribution is -0.117. The molecule has 0 bridgehead atoms. The normalized spacial score (nSPS) is 18.5. The number of fused-ring (bicyclic) bond motifs is 1. The first kappa shape index (κ1) is 23.6. The fourth-order valence-electron chi connectivity index (χ4n) is 4.49. The topological polar surface area (TPSA) is 99.8 Å². The van der Waals surface area contributed by atoms with Crippen LogP contribution in [0.1, 0.15) is 56.8 Å². The minimum absolute atomic E-state index is 0.259. The fourth-order valence-corrected chi connectivity index (χ4v) is 4.49. The molecule has 8 heteroatoms. The fraction of sp³-hybridized carbons (Fsp3) is 0.423. The Morgan fingerprint density at radius 3 is 2.53 bits per heavy atom. The number of para-hydroxylation sites is 2. The van der Waals surface area contributed by atoms with Crippen molar-refractivity contribution in [1.82, 2.24) is 5.32 Å². The molecule has 0 saturated heterocycles. The molecule has 4 rings (SSSR count). The van der Waals surface area contributed by atoms with Gasteiger partial charge in [0.05, 0.1) is 16.9 Å². The highest BCUT2D eigenvalue weighted by molar-refractivity contribution is 6.03. The van der Waals surface area contributed by atoms with Crippen LogP contribution in [-0.2, 0) is 9.53 Å². The SMILES string of the molecule is CC(C)(C)OC(=O)c1cccc(NC(=O)N[C@@H]2CN(C3CCCC3)c3ccccc3NC2=O)c1. The summed E-state index contributed by atoms with van der Waals surface area (Å²) in [4.78, 5) is 40.4. The van der Waals surface area contributed by atoms with Crippen molar-refractivity contribution in [3.63, 3.8) is 0 Å². The molecular formula is C26H32N4O4. The maximum atomic E-state index is 13.0. The molecule has 0 unspecified atom stereocenters. The third kappa shape index (κ3) is 5.68. The largest absolute Gasteiger partial charge is 0.456 e. The summed E-state index contributed by atoms with van der Waals surface area (Å²) in [7, 11) is 0. The third-order valence-corrected chi connectivity index (χ3v) is 5.99. The van der Waals surface area contributed by atoms with Crippen LogP contribution in [0.2, 0.25) is 0 Å². The van der Waals surface area contributed by atoms with E-state index in [-0.39, 0.29) is 5.91 Å². The van der Waals surface area contributed by atoms with Crippen molar-refractivity contribution in [3.8, 4) is 0 Å². The van der Waals surface area contributed by atoms with Crippen LogP contribution >= 0.6 is 0 Å². The lowest BCUT2D eigenvalue weighted by atomic mass is 10.1. The van der Waals surface area contributed by atoms with Gasteiger partial charge in [-0.2, -0.15) is 0 Å². The number of rotatable bonds is 4. The molecule has 0 radical (unpaired) electrons. The Hall–Kier alpha value is -3.55. The number of esters is 1. The minimum Gasteiger partial charge on any atom is -0.456 e. The van der Waals surface area contributed by atoms with Gasteiger partial charge in [0.15, 0.2) is 0 Å². The Bertz CT molecular complexity index is 1070. The van der Waals surface area contributed by atoms with E-state index in [2.05, 4.69) is 20.9 Å². The first-order valence-electron chi connectivity index (χ1n) is 11.8. The maximum absolute atomic E-state index is 13.0. The van der Waals surface area contributed by atoms with Crippen molar-refractivity contribution in [2.24, 2.45) is 0 Å². The lowest BCUT2D eigenvalue weighted by Gasteiger charge is -2.32. The first-order chi connectivity index (χ1) is 16.2. The molecule has 180 valence electrons. The third-order valence-electron chi connectivity index (χ3n) is 5.99. The van der Waals surface area contributed by atoms with Crippen LogP contribution in [0.3, 0.4) is 0 Å². The number of urea groups is 1. The molecule has 2 aromatic rings. The van der Waals surface area contributed by atoms with E-state index in [9.17, 15) is 14.4 Å². The predicted octanol–water partition coefficient (Wildman–Crippen LogP) is 4.53. The van der Waals surface area contributed by atoms with Crippen LogP contribution in [0.15, 0.2) is 48.5 Å². The zero-order chi connectivity index (χ0) is 24.3. The highest BCUT2D eigenvalue weighted by atomic mass is 16.6. The molecule has 3 amide bonds. The van der Waals surface area contributed by atoms with Gasteiger partial charge in [0.1, 0.15) is 11.6 Å². The number of nitrogens with zero attached hydrogens (tertiary/aromatic N) is 1. The number of ether oxygens (including phenoxy) is 1. The monoisotopic (exact) mass is 464 g/mol. The van der Waals surface area contributed by atoms with E-state index < -0.39 is 23.6 Å². The summed E-state index contributed by atoms with van der Waals surface area (Å²) in [5.74, 6) is -0.727. The van der Waals surface area contributed by atoms with Crippen molar-refractivity contribution in [2.45, 2.75) is 64.1 Å².